The Bertz CT molecular complexity index is 1510. The topological polar surface area (TPSA) is 126 Å². The van der Waals surface area contributed by atoms with Crippen molar-refractivity contribution in [2.24, 2.45) is 5.73 Å². The monoisotopic (exact) mass is 534 g/mol. The Kier molecular flexibility index (Phi) is 7.01. The van der Waals surface area contributed by atoms with Crippen LogP contribution in [0.3, 0.4) is 0 Å². The van der Waals surface area contributed by atoms with Gasteiger partial charge in [-0.15, -0.1) is 11.3 Å². The van der Waals surface area contributed by atoms with Crippen molar-refractivity contribution < 1.29 is 18.3 Å². The molecule has 8 nitrogen and oxygen atoms in total. The maximum atomic E-state index is 13.0. The molecule has 0 aliphatic heterocycles. The third kappa shape index (κ3) is 5.62. The highest BCUT2D eigenvalue weighted by Gasteiger charge is 2.45. The largest absolute Gasteiger partial charge is 0.484 e. The van der Waals surface area contributed by atoms with Crippen LogP contribution in [0.25, 0.3) is 27.2 Å². The number of anilines is 2. The van der Waals surface area contributed by atoms with Crippen LogP contribution in [0.4, 0.5) is 20.3 Å². The van der Waals surface area contributed by atoms with Crippen LogP contribution in [0.15, 0.2) is 66.2 Å². The van der Waals surface area contributed by atoms with Crippen molar-refractivity contribution >= 4 is 50.8 Å². The summed E-state index contributed by atoms with van der Waals surface area (Å²) in [7, 11) is 0. The molecule has 5 rings (SSSR count). The van der Waals surface area contributed by atoms with Gasteiger partial charge < -0.3 is 26.5 Å². The number of alkyl halides is 2. The molecular formula is C27H24F2N6O2S. The molecule has 194 valence electrons. The van der Waals surface area contributed by atoms with Gasteiger partial charge in [0.25, 0.3) is 11.8 Å². The number of carbonyl (C=O) groups excluding carboxylic acids is 1. The molecule has 0 radical (unpaired) electrons. The van der Waals surface area contributed by atoms with Crippen molar-refractivity contribution in [1.29, 1.82) is 5.41 Å². The number of nitrogens with zero attached hydrogens (tertiary/aromatic N) is 2. The number of benzene rings is 2. The molecule has 1 aliphatic carbocycles. The predicted molar refractivity (Wildman–Crippen MR) is 145 cm³/mol. The molecule has 0 bridgehead atoms. The SMILES string of the molecule is N=CC(=CN)c1ccc(Nc2nc(-c3cccc(OCC(=O)NC4CC(F)(F)C4)c3)nc3ccsc23)cc1. The fourth-order valence-corrected chi connectivity index (χ4v) is 4.87. The van der Waals surface area contributed by atoms with E-state index < -0.39 is 17.9 Å². The summed E-state index contributed by atoms with van der Waals surface area (Å²) in [5, 5.41) is 15.3. The first kappa shape index (κ1) is 25.3. The molecule has 4 aromatic rings. The van der Waals surface area contributed by atoms with Gasteiger partial charge >= 0.3 is 0 Å². The fraction of sp³-hybridized carbons (Fsp3) is 0.185. The molecule has 1 aliphatic rings. The maximum Gasteiger partial charge on any atom is 0.258 e. The summed E-state index contributed by atoms with van der Waals surface area (Å²) in [6.45, 7) is -0.280. The number of fused-ring (bicyclic) bond motifs is 1. The van der Waals surface area contributed by atoms with E-state index in [1.54, 1.807) is 18.2 Å². The number of hydrogen-bond donors (Lipinski definition) is 4. The zero-order chi connectivity index (χ0) is 26.7. The van der Waals surface area contributed by atoms with Crippen molar-refractivity contribution in [2.75, 3.05) is 11.9 Å². The van der Waals surface area contributed by atoms with Gasteiger partial charge in [0.05, 0.1) is 10.2 Å². The van der Waals surface area contributed by atoms with Gasteiger partial charge in [0.2, 0.25) is 0 Å². The number of hydrogen-bond acceptors (Lipinski definition) is 8. The van der Waals surface area contributed by atoms with Gasteiger partial charge in [-0.05, 0) is 41.3 Å². The normalized spacial score (nSPS) is 15.1. The highest BCUT2D eigenvalue weighted by Crippen LogP contribution is 2.37. The first-order valence-electron chi connectivity index (χ1n) is 11.8. The van der Waals surface area contributed by atoms with Crippen molar-refractivity contribution in [2.45, 2.75) is 24.8 Å². The van der Waals surface area contributed by atoms with E-state index in [4.69, 9.17) is 20.9 Å². The second-order valence-electron chi connectivity index (χ2n) is 8.84. The van der Waals surface area contributed by atoms with Crippen LogP contribution >= 0.6 is 11.3 Å². The lowest BCUT2D eigenvalue weighted by Gasteiger charge is -2.35. The molecular weight excluding hydrogens is 510 g/mol. The minimum Gasteiger partial charge on any atom is -0.484 e. The Morgan fingerprint density at radius 2 is 1.97 bits per heavy atom. The molecule has 2 aromatic carbocycles. The molecule has 1 fully saturated rings. The number of halogens is 2. The molecule has 38 heavy (non-hydrogen) atoms. The van der Waals surface area contributed by atoms with Gasteiger partial charge in [0, 0.05) is 48.1 Å². The van der Waals surface area contributed by atoms with Gasteiger partial charge in [-0.2, -0.15) is 0 Å². The Labute approximate surface area is 221 Å². The molecule has 5 N–H and O–H groups in total. The van der Waals surface area contributed by atoms with E-state index in [2.05, 4.69) is 15.6 Å². The van der Waals surface area contributed by atoms with E-state index in [9.17, 15) is 13.6 Å². The molecule has 0 unspecified atom stereocenters. The van der Waals surface area contributed by atoms with Gasteiger partial charge in [-0.25, -0.2) is 18.7 Å². The fourth-order valence-electron chi connectivity index (χ4n) is 4.09. The smallest absolute Gasteiger partial charge is 0.258 e. The third-order valence-corrected chi connectivity index (χ3v) is 6.95. The average Bonchev–Trinajstić information content (AvgIpc) is 3.37. The number of aromatic nitrogens is 2. The lowest BCUT2D eigenvalue weighted by molar-refractivity contribution is -0.131. The van der Waals surface area contributed by atoms with E-state index >= 15 is 0 Å². The lowest BCUT2D eigenvalue weighted by Crippen LogP contribution is -2.51. The summed E-state index contributed by atoms with van der Waals surface area (Å²) in [5.41, 5.74) is 9.30. The zero-order valence-corrected chi connectivity index (χ0v) is 20.9. The summed E-state index contributed by atoms with van der Waals surface area (Å²) >= 11 is 1.52. The molecule has 0 atom stereocenters. The molecule has 0 spiro atoms. The van der Waals surface area contributed by atoms with Crippen LogP contribution in [-0.2, 0) is 4.79 Å². The number of carbonyl (C=O) groups is 1. The molecule has 2 heterocycles. The van der Waals surface area contributed by atoms with E-state index in [1.807, 2.05) is 41.8 Å². The number of nitrogens with two attached hydrogens (primary N) is 1. The second-order valence-corrected chi connectivity index (χ2v) is 9.76. The van der Waals surface area contributed by atoms with Gasteiger partial charge in [-0.1, -0.05) is 24.3 Å². The van der Waals surface area contributed by atoms with E-state index in [-0.39, 0.29) is 19.4 Å². The predicted octanol–water partition coefficient (Wildman–Crippen LogP) is 5.34. The molecule has 11 heteroatoms. The zero-order valence-electron chi connectivity index (χ0n) is 20.1. The third-order valence-electron chi connectivity index (χ3n) is 6.04. The maximum absolute atomic E-state index is 13.0. The van der Waals surface area contributed by atoms with Crippen molar-refractivity contribution in [3.63, 3.8) is 0 Å². The van der Waals surface area contributed by atoms with Gasteiger partial charge in [0.15, 0.2) is 18.2 Å². The summed E-state index contributed by atoms with van der Waals surface area (Å²) in [4.78, 5) is 21.5. The van der Waals surface area contributed by atoms with Crippen molar-refractivity contribution in [1.82, 2.24) is 15.3 Å². The lowest BCUT2D eigenvalue weighted by atomic mass is 9.88. The van der Waals surface area contributed by atoms with Crippen LogP contribution in [-0.4, -0.2) is 40.7 Å². The highest BCUT2D eigenvalue weighted by molar-refractivity contribution is 7.17. The van der Waals surface area contributed by atoms with Crippen LogP contribution in [0.2, 0.25) is 0 Å². The second kappa shape index (κ2) is 10.5. The van der Waals surface area contributed by atoms with Gasteiger partial charge in [0.1, 0.15) is 5.75 Å². The van der Waals surface area contributed by atoms with Crippen molar-refractivity contribution in [3.8, 4) is 17.1 Å². The van der Waals surface area contributed by atoms with Gasteiger partial charge in [-0.3, -0.25) is 4.79 Å². The Hall–Kier alpha value is -4.38. The Morgan fingerprint density at radius 1 is 1.18 bits per heavy atom. The number of allylic oxidation sites excluding steroid dienone is 1. The molecule has 0 saturated heterocycles. The molecule has 1 saturated carbocycles. The van der Waals surface area contributed by atoms with Crippen LogP contribution < -0.4 is 21.1 Å². The number of ether oxygens (including phenoxy) is 1. The minimum atomic E-state index is -2.69. The number of amides is 1. The number of thiophene rings is 1. The first-order valence-corrected chi connectivity index (χ1v) is 12.7. The quantitative estimate of drug-likeness (QED) is 0.215. The Morgan fingerprint density at radius 3 is 2.68 bits per heavy atom. The number of rotatable bonds is 9. The summed E-state index contributed by atoms with van der Waals surface area (Å²) in [5.74, 6) is -1.60. The van der Waals surface area contributed by atoms with E-state index in [0.717, 1.165) is 21.5 Å². The van der Waals surface area contributed by atoms with Crippen LogP contribution in [0.5, 0.6) is 5.75 Å². The summed E-state index contributed by atoms with van der Waals surface area (Å²) in [6, 6.07) is 15.9. The highest BCUT2D eigenvalue weighted by atomic mass is 32.1. The minimum absolute atomic E-state index is 0.280. The Balaban J connectivity index is 1.32. The van der Waals surface area contributed by atoms with E-state index in [1.165, 1.54) is 23.8 Å². The van der Waals surface area contributed by atoms with Crippen LogP contribution in [0, 0.1) is 5.41 Å². The average molecular weight is 535 g/mol. The molecule has 2 aromatic heterocycles. The first-order chi connectivity index (χ1) is 18.3. The number of nitrogens with one attached hydrogen (secondary N) is 3. The summed E-state index contributed by atoms with van der Waals surface area (Å²) in [6.07, 6.45) is 1.91. The molecule has 1 amide bonds. The van der Waals surface area contributed by atoms with Crippen molar-refractivity contribution in [3.05, 3.63) is 71.7 Å². The standard InChI is InChI=1S/C27H24F2N6O2S/c28-27(29)11-20(12-27)32-23(36)15-37-21-3-1-2-17(10-21)25-34-22-8-9-38-24(22)26(35-25)33-19-6-4-16(5-7-19)18(13-30)14-31/h1-10,13-14,20,30H,11-12,15,31H2,(H,32,36)(H,33,34,35). The van der Waals surface area contributed by atoms with Crippen LogP contribution in [0.1, 0.15) is 18.4 Å². The summed E-state index contributed by atoms with van der Waals surface area (Å²) < 4.78 is 32.5. The van der Waals surface area contributed by atoms with E-state index in [0.29, 0.717) is 28.5 Å².